The summed E-state index contributed by atoms with van der Waals surface area (Å²) in [4.78, 5) is 11.1. The Morgan fingerprint density at radius 1 is 1.29 bits per heavy atom. The Balaban J connectivity index is 2.10. The van der Waals surface area contributed by atoms with Crippen molar-refractivity contribution in [1.82, 2.24) is 4.31 Å². The normalized spacial score (nSPS) is 17.8. The highest BCUT2D eigenvalue weighted by molar-refractivity contribution is 7.89. The SMILES string of the molecule is COCc1ccc(S(=O)(=O)N2CCC(C(=O)O)CC2)cc1. The molecule has 21 heavy (non-hydrogen) atoms. The van der Waals surface area contributed by atoms with Gasteiger partial charge in [0, 0.05) is 20.2 Å². The minimum atomic E-state index is -3.54. The first-order valence-corrected chi connectivity index (χ1v) is 8.20. The van der Waals surface area contributed by atoms with Gasteiger partial charge in [-0.1, -0.05) is 12.1 Å². The molecule has 1 N–H and O–H groups in total. The molecule has 0 spiro atoms. The minimum Gasteiger partial charge on any atom is -0.481 e. The number of carbonyl (C=O) groups is 1. The van der Waals surface area contributed by atoms with E-state index in [1.807, 2.05) is 0 Å². The number of piperidine rings is 1. The molecule has 0 bridgehead atoms. The molecule has 1 aromatic rings. The van der Waals surface area contributed by atoms with E-state index in [4.69, 9.17) is 9.84 Å². The molecule has 0 saturated carbocycles. The summed E-state index contributed by atoms with van der Waals surface area (Å²) in [6, 6.07) is 6.57. The molecule has 0 atom stereocenters. The predicted octanol–water partition coefficient (Wildman–Crippen LogP) is 1.32. The number of benzene rings is 1. The average Bonchev–Trinajstić information content (AvgIpc) is 2.48. The Kier molecular flexibility index (Phi) is 4.97. The first kappa shape index (κ1) is 15.9. The third kappa shape index (κ3) is 3.61. The zero-order valence-corrected chi connectivity index (χ0v) is 12.7. The van der Waals surface area contributed by atoms with Crippen LogP contribution < -0.4 is 0 Å². The maximum atomic E-state index is 12.5. The van der Waals surface area contributed by atoms with Crippen molar-refractivity contribution in [3.8, 4) is 0 Å². The second-order valence-corrected chi connectivity index (χ2v) is 7.03. The Labute approximate surface area is 124 Å². The molecule has 7 heteroatoms. The number of methoxy groups -OCH3 is 1. The van der Waals surface area contributed by atoms with Crippen LogP contribution in [-0.4, -0.2) is 44.0 Å². The lowest BCUT2D eigenvalue weighted by molar-refractivity contribution is -0.142. The number of sulfonamides is 1. The third-order valence-electron chi connectivity index (χ3n) is 3.68. The van der Waals surface area contributed by atoms with Crippen LogP contribution in [0.4, 0.5) is 0 Å². The monoisotopic (exact) mass is 313 g/mol. The molecule has 0 unspecified atom stereocenters. The van der Waals surface area contributed by atoms with Crippen LogP contribution in [0, 0.1) is 5.92 Å². The van der Waals surface area contributed by atoms with Gasteiger partial charge in [0.15, 0.2) is 0 Å². The number of carboxylic acid groups (broad SMARTS) is 1. The van der Waals surface area contributed by atoms with Crippen molar-refractivity contribution in [3.63, 3.8) is 0 Å². The molecule has 1 aromatic carbocycles. The van der Waals surface area contributed by atoms with Gasteiger partial charge >= 0.3 is 5.97 Å². The third-order valence-corrected chi connectivity index (χ3v) is 5.59. The molecule has 2 rings (SSSR count). The molecule has 6 nitrogen and oxygen atoms in total. The zero-order valence-electron chi connectivity index (χ0n) is 11.9. The van der Waals surface area contributed by atoms with Crippen LogP contribution in [-0.2, 0) is 26.2 Å². The maximum absolute atomic E-state index is 12.5. The molecule has 1 aliphatic heterocycles. The molecule has 0 aromatic heterocycles. The summed E-state index contributed by atoms with van der Waals surface area (Å²) in [5.41, 5.74) is 0.904. The van der Waals surface area contributed by atoms with Crippen molar-refractivity contribution in [1.29, 1.82) is 0 Å². The van der Waals surface area contributed by atoms with Crippen molar-refractivity contribution in [3.05, 3.63) is 29.8 Å². The molecular weight excluding hydrogens is 294 g/mol. The van der Waals surface area contributed by atoms with Gasteiger partial charge in [-0.05, 0) is 30.5 Å². The Hall–Kier alpha value is -1.44. The standard InChI is InChI=1S/C14H19NO5S/c1-20-10-11-2-4-13(5-3-11)21(18,19)15-8-6-12(7-9-15)14(16)17/h2-5,12H,6-10H2,1H3,(H,16,17). The lowest BCUT2D eigenvalue weighted by atomic mass is 9.99. The molecule has 0 radical (unpaired) electrons. The zero-order chi connectivity index (χ0) is 15.5. The number of nitrogens with zero attached hydrogens (tertiary/aromatic N) is 1. The molecular formula is C14H19NO5S. The summed E-state index contributed by atoms with van der Waals surface area (Å²) in [5.74, 6) is -1.29. The smallest absolute Gasteiger partial charge is 0.306 e. The van der Waals surface area contributed by atoms with Crippen molar-refractivity contribution < 1.29 is 23.1 Å². The van der Waals surface area contributed by atoms with E-state index in [9.17, 15) is 13.2 Å². The lowest BCUT2D eigenvalue weighted by Crippen LogP contribution is -2.40. The van der Waals surface area contributed by atoms with Crippen molar-refractivity contribution in [2.24, 2.45) is 5.92 Å². The van der Waals surface area contributed by atoms with Gasteiger partial charge in [-0.3, -0.25) is 4.79 Å². The Bertz CT molecular complexity index is 588. The van der Waals surface area contributed by atoms with Crippen LogP contribution in [0.2, 0.25) is 0 Å². The van der Waals surface area contributed by atoms with Gasteiger partial charge in [-0.25, -0.2) is 8.42 Å². The number of hydrogen-bond acceptors (Lipinski definition) is 4. The number of carboxylic acids is 1. The molecule has 0 amide bonds. The van der Waals surface area contributed by atoms with E-state index in [-0.39, 0.29) is 18.0 Å². The van der Waals surface area contributed by atoms with Crippen LogP contribution in [0.5, 0.6) is 0 Å². The van der Waals surface area contributed by atoms with Crippen LogP contribution in [0.15, 0.2) is 29.2 Å². The van der Waals surface area contributed by atoms with Gasteiger partial charge in [-0.15, -0.1) is 0 Å². The van der Waals surface area contributed by atoms with E-state index < -0.39 is 21.9 Å². The van der Waals surface area contributed by atoms with E-state index in [0.717, 1.165) is 5.56 Å². The number of hydrogen-bond donors (Lipinski definition) is 1. The highest BCUT2D eigenvalue weighted by Crippen LogP contribution is 2.24. The van der Waals surface area contributed by atoms with Gasteiger partial charge < -0.3 is 9.84 Å². The molecule has 1 heterocycles. The topological polar surface area (TPSA) is 83.9 Å². The van der Waals surface area contributed by atoms with E-state index in [0.29, 0.717) is 19.4 Å². The highest BCUT2D eigenvalue weighted by Gasteiger charge is 2.31. The number of ether oxygens (including phenoxy) is 1. The minimum absolute atomic E-state index is 0.233. The van der Waals surface area contributed by atoms with Gasteiger partial charge in [0.2, 0.25) is 10.0 Å². The fraction of sp³-hybridized carbons (Fsp3) is 0.500. The maximum Gasteiger partial charge on any atom is 0.306 e. The molecule has 1 saturated heterocycles. The van der Waals surface area contributed by atoms with Gasteiger partial charge in [-0.2, -0.15) is 4.31 Å². The Morgan fingerprint density at radius 2 is 1.86 bits per heavy atom. The molecule has 1 aliphatic rings. The van der Waals surface area contributed by atoms with Crippen LogP contribution in [0.1, 0.15) is 18.4 Å². The Morgan fingerprint density at radius 3 is 2.33 bits per heavy atom. The van der Waals surface area contributed by atoms with E-state index >= 15 is 0 Å². The van der Waals surface area contributed by atoms with Gasteiger partial charge in [0.1, 0.15) is 0 Å². The summed E-state index contributed by atoms with van der Waals surface area (Å²) >= 11 is 0. The summed E-state index contributed by atoms with van der Waals surface area (Å²) in [6.45, 7) is 0.933. The van der Waals surface area contributed by atoms with Crippen molar-refractivity contribution in [2.75, 3.05) is 20.2 Å². The summed E-state index contributed by atoms with van der Waals surface area (Å²) < 4.78 is 31.3. The molecule has 116 valence electrons. The van der Waals surface area contributed by atoms with Gasteiger partial charge in [0.05, 0.1) is 17.4 Å². The fourth-order valence-electron chi connectivity index (χ4n) is 2.42. The number of rotatable bonds is 5. The first-order valence-electron chi connectivity index (χ1n) is 6.76. The summed E-state index contributed by atoms with van der Waals surface area (Å²) in [5, 5.41) is 8.95. The van der Waals surface area contributed by atoms with Crippen LogP contribution in [0.25, 0.3) is 0 Å². The second-order valence-electron chi connectivity index (χ2n) is 5.09. The first-order chi connectivity index (χ1) is 9.95. The van der Waals surface area contributed by atoms with Crippen LogP contribution in [0.3, 0.4) is 0 Å². The fourth-order valence-corrected chi connectivity index (χ4v) is 3.89. The largest absolute Gasteiger partial charge is 0.481 e. The van der Waals surface area contributed by atoms with Crippen molar-refractivity contribution in [2.45, 2.75) is 24.3 Å². The average molecular weight is 313 g/mol. The quantitative estimate of drug-likeness (QED) is 0.886. The molecule has 1 fully saturated rings. The second kappa shape index (κ2) is 6.55. The predicted molar refractivity (Wildman–Crippen MR) is 76.3 cm³/mol. The van der Waals surface area contributed by atoms with E-state index in [2.05, 4.69) is 0 Å². The van der Waals surface area contributed by atoms with E-state index in [1.165, 1.54) is 4.31 Å². The van der Waals surface area contributed by atoms with Crippen molar-refractivity contribution >= 4 is 16.0 Å². The number of aliphatic carboxylic acids is 1. The van der Waals surface area contributed by atoms with E-state index in [1.54, 1.807) is 31.4 Å². The van der Waals surface area contributed by atoms with Gasteiger partial charge in [0.25, 0.3) is 0 Å². The highest BCUT2D eigenvalue weighted by atomic mass is 32.2. The van der Waals surface area contributed by atoms with Crippen LogP contribution >= 0.6 is 0 Å². The summed E-state index contributed by atoms with van der Waals surface area (Å²) in [7, 11) is -1.96. The molecule has 0 aliphatic carbocycles. The summed E-state index contributed by atoms with van der Waals surface area (Å²) in [6.07, 6.45) is 0.715. The lowest BCUT2D eigenvalue weighted by Gasteiger charge is -2.29.